The van der Waals surface area contributed by atoms with Crippen molar-refractivity contribution in [1.29, 1.82) is 0 Å². The highest BCUT2D eigenvalue weighted by atomic mass is 32.2. The van der Waals surface area contributed by atoms with Crippen LogP contribution in [0.4, 0.5) is 0 Å². The molecule has 1 fully saturated rings. The van der Waals surface area contributed by atoms with Gasteiger partial charge in [-0.15, -0.1) is 11.3 Å². The Morgan fingerprint density at radius 2 is 2.00 bits per heavy atom. The first-order chi connectivity index (χ1) is 9.55. The lowest BCUT2D eigenvalue weighted by atomic mass is 9.96. The minimum atomic E-state index is -3.35. The number of nitrogens with one attached hydrogen (secondary N) is 2. The zero-order valence-corrected chi connectivity index (χ0v) is 14.3. The van der Waals surface area contributed by atoms with Crippen LogP contribution >= 0.6 is 23.1 Å². The third-order valence-corrected chi connectivity index (χ3v) is 7.82. The fraction of sp³-hybridized carbons (Fsp3) is 0.692. The smallest absolute Gasteiger partial charge is 0.250 e. The van der Waals surface area contributed by atoms with Gasteiger partial charge in [0.15, 0.2) is 0 Å². The summed E-state index contributed by atoms with van der Waals surface area (Å²) in [6.45, 7) is 0.707. The van der Waals surface area contributed by atoms with Crippen LogP contribution in [0.2, 0.25) is 0 Å². The highest BCUT2D eigenvalue weighted by Crippen LogP contribution is 2.28. The number of thioether (sulfide) groups is 1. The summed E-state index contributed by atoms with van der Waals surface area (Å²) >= 11 is 3.23. The van der Waals surface area contributed by atoms with Gasteiger partial charge in [0.1, 0.15) is 4.21 Å². The number of thiophene rings is 1. The standard InChI is InChI=1S/C13H22N2O2S3/c1-14-9-12-7-8-13(19-12)20(16,17)15-10-3-5-11(18-2)6-4-10/h7-8,10-11,14-15H,3-6,9H2,1-2H3. The molecule has 0 spiro atoms. The largest absolute Gasteiger partial charge is 0.315 e. The Labute approximate surface area is 129 Å². The minimum absolute atomic E-state index is 0.0956. The Morgan fingerprint density at radius 1 is 1.30 bits per heavy atom. The van der Waals surface area contributed by atoms with Crippen molar-refractivity contribution in [2.75, 3.05) is 13.3 Å². The molecule has 1 aliphatic rings. The van der Waals surface area contributed by atoms with Crippen LogP contribution in [0, 0.1) is 0 Å². The van der Waals surface area contributed by atoms with Gasteiger partial charge in [-0.1, -0.05) is 0 Å². The first-order valence-corrected chi connectivity index (χ1v) is 10.4. The van der Waals surface area contributed by atoms with Crippen molar-refractivity contribution >= 4 is 33.1 Å². The maximum Gasteiger partial charge on any atom is 0.250 e. The van der Waals surface area contributed by atoms with Crippen LogP contribution in [0.5, 0.6) is 0 Å². The summed E-state index contributed by atoms with van der Waals surface area (Å²) in [5.41, 5.74) is 0. The molecule has 7 heteroatoms. The summed E-state index contributed by atoms with van der Waals surface area (Å²) in [4.78, 5) is 1.04. The Kier molecular flexibility index (Phi) is 5.92. The molecule has 1 aromatic rings. The average molecular weight is 335 g/mol. The van der Waals surface area contributed by atoms with E-state index in [1.54, 1.807) is 6.07 Å². The number of sulfonamides is 1. The number of rotatable bonds is 6. The molecule has 0 radical (unpaired) electrons. The van der Waals surface area contributed by atoms with E-state index in [0.717, 1.165) is 30.6 Å². The van der Waals surface area contributed by atoms with Crippen LogP contribution in [-0.2, 0) is 16.6 Å². The van der Waals surface area contributed by atoms with Gasteiger partial charge in [0, 0.05) is 22.7 Å². The summed E-state index contributed by atoms with van der Waals surface area (Å²) in [6, 6.07) is 3.67. The van der Waals surface area contributed by atoms with Gasteiger partial charge < -0.3 is 5.32 Å². The summed E-state index contributed by atoms with van der Waals surface area (Å²) in [5.74, 6) is 0. The van der Waals surface area contributed by atoms with E-state index in [0.29, 0.717) is 16.0 Å². The van der Waals surface area contributed by atoms with E-state index in [-0.39, 0.29) is 6.04 Å². The fourth-order valence-electron chi connectivity index (χ4n) is 2.47. The second kappa shape index (κ2) is 7.26. The van der Waals surface area contributed by atoms with Crippen LogP contribution in [0.25, 0.3) is 0 Å². The van der Waals surface area contributed by atoms with Crippen molar-refractivity contribution in [3.05, 3.63) is 17.0 Å². The van der Waals surface area contributed by atoms with E-state index >= 15 is 0 Å². The van der Waals surface area contributed by atoms with Crippen molar-refractivity contribution in [1.82, 2.24) is 10.0 Å². The molecule has 0 unspecified atom stereocenters. The SMILES string of the molecule is CNCc1ccc(S(=O)(=O)NC2CCC(SC)CC2)s1. The molecular weight excluding hydrogens is 312 g/mol. The topological polar surface area (TPSA) is 58.2 Å². The zero-order valence-electron chi connectivity index (χ0n) is 11.9. The summed E-state index contributed by atoms with van der Waals surface area (Å²) < 4.78 is 28.0. The van der Waals surface area contributed by atoms with Crippen molar-refractivity contribution in [2.45, 2.75) is 47.7 Å². The van der Waals surface area contributed by atoms with Crippen LogP contribution in [0.15, 0.2) is 16.3 Å². The van der Waals surface area contributed by atoms with Crippen LogP contribution in [0.3, 0.4) is 0 Å². The van der Waals surface area contributed by atoms with E-state index in [1.807, 2.05) is 24.9 Å². The van der Waals surface area contributed by atoms with E-state index in [4.69, 9.17) is 0 Å². The second-order valence-electron chi connectivity index (χ2n) is 5.08. The molecular formula is C13H22N2O2S3. The van der Waals surface area contributed by atoms with E-state index < -0.39 is 10.0 Å². The Morgan fingerprint density at radius 3 is 2.60 bits per heavy atom. The molecule has 4 nitrogen and oxygen atoms in total. The molecule has 1 aliphatic carbocycles. The van der Waals surface area contributed by atoms with E-state index in [2.05, 4.69) is 16.3 Å². The lowest BCUT2D eigenvalue weighted by Gasteiger charge is -2.27. The van der Waals surface area contributed by atoms with Gasteiger partial charge >= 0.3 is 0 Å². The summed E-state index contributed by atoms with van der Waals surface area (Å²) in [6.07, 6.45) is 6.22. The number of hydrogen-bond acceptors (Lipinski definition) is 5. The van der Waals surface area contributed by atoms with Gasteiger partial charge in [0.2, 0.25) is 10.0 Å². The Hall–Kier alpha value is -0.0800. The van der Waals surface area contributed by atoms with Crippen molar-refractivity contribution < 1.29 is 8.42 Å². The predicted molar refractivity (Wildman–Crippen MR) is 87.0 cm³/mol. The first-order valence-electron chi connectivity index (χ1n) is 6.83. The molecule has 1 heterocycles. The van der Waals surface area contributed by atoms with Crippen molar-refractivity contribution in [2.24, 2.45) is 0 Å². The molecule has 2 N–H and O–H groups in total. The monoisotopic (exact) mass is 334 g/mol. The van der Waals surface area contributed by atoms with Crippen LogP contribution in [0.1, 0.15) is 30.6 Å². The quantitative estimate of drug-likeness (QED) is 0.839. The van der Waals surface area contributed by atoms with Gasteiger partial charge in [-0.05, 0) is 51.1 Å². The van der Waals surface area contributed by atoms with Gasteiger partial charge in [0.05, 0.1) is 0 Å². The van der Waals surface area contributed by atoms with Gasteiger partial charge in [-0.25, -0.2) is 13.1 Å². The molecule has 20 heavy (non-hydrogen) atoms. The summed E-state index contributed by atoms with van der Waals surface area (Å²) in [7, 11) is -1.49. The number of hydrogen-bond donors (Lipinski definition) is 2. The van der Waals surface area contributed by atoms with Gasteiger partial charge in [0.25, 0.3) is 0 Å². The molecule has 0 bridgehead atoms. The van der Waals surface area contributed by atoms with Gasteiger partial charge in [-0.2, -0.15) is 11.8 Å². The average Bonchev–Trinajstić information content (AvgIpc) is 2.89. The molecule has 0 aliphatic heterocycles. The molecule has 114 valence electrons. The molecule has 1 saturated carbocycles. The lowest BCUT2D eigenvalue weighted by molar-refractivity contribution is 0.420. The first kappa shape index (κ1) is 16.3. The molecule has 0 saturated heterocycles. The second-order valence-corrected chi connectivity index (χ2v) is 9.33. The van der Waals surface area contributed by atoms with Gasteiger partial charge in [-0.3, -0.25) is 0 Å². The van der Waals surface area contributed by atoms with Crippen molar-refractivity contribution in [3.63, 3.8) is 0 Å². The zero-order chi connectivity index (χ0) is 14.6. The maximum absolute atomic E-state index is 12.3. The summed E-state index contributed by atoms with van der Waals surface area (Å²) in [5, 5.41) is 3.73. The fourth-order valence-corrected chi connectivity index (χ4v) is 5.90. The van der Waals surface area contributed by atoms with Crippen LogP contribution < -0.4 is 10.0 Å². The molecule has 0 atom stereocenters. The Bertz CT molecular complexity index is 519. The Balaban J connectivity index is 1.96. The minimum Gasteiger partial charge on any atom is -0.315 e. The molecule has 0 aromatic carbocycles. The highest BCUT2D eigenvalue weighted by Gasteiger charge is 2.26. The van der Waals surface area contributed by atoms with Crippen molar-refractivity contribution in [3.8, 4) is 0 Å². The molecule has 0 amide bonds. The van der Waals surface area contributed by atoms with E-state index in [9.17, 15) is 8.42 Å². The lowest BCUT2D eigenvalue weighted by Crippen LogP contribution is -2.37. The highest BCUT2D eigenvalue weighted by molar-refractivity contribution is 7.99. The normalized spacial score (nSPS) is 23.9. The molecule has 2 rings (SSSR count). The molecule has 1 aromatic heterocycles. The van der Waals surface area contributed by atoms with E-state index in [1.165, 1.54) is 11.3 Å². The van der Waals surface area contributed by atoms with Crippen LogP contribution in [-0.4, -0.2) is 33.0 Å². The third kappa shape index (κ3) is 4.21. The maximum atomic E-state index is 12.3. The third-order valence-electron chi connectivity index (χ3n) is 3.58. The predicted octanol–water partition coefficient (Wildman–Crippen LogP) is 2.42.